The Kier molecular flexibility index (Phi) is 4.59. The lowest BCUT2D eigenvalue weighted by Gasteiger charge is -2.41. The zero-order valence-corrected chi connectivity index (χ0v) is 12.9. The molecule has 3 heteroatoms. The molecule has 0 bridgehead atoms. The topological polar surface area (TPSA) is 30.7 Å². The summed E-state index contributed by atoms with van der Waals surface area (Å²) >= 11 is 0. The molecule has 2 aliphatic heterocycles. The predicted molar refractivity (Wildman–Crippen MR) is 82.5 cm³/mol. The normalized spacial score (nSPS) is 28.7. The largest absolute Gasteiger partial charge is 0.462 e. The quantitative estimate of drug-likeness (QED) is 0.863. The molecule has 2 heterocycles. The second kappa shape index (κ2) is 6.61. The fraction of sp³-hybridized carbons (Fsp3) is 0.611. The van der Waals surface area contributed by atoms with Gasteiger partial charge in [-0.05, 0) is 50.7 Å². The molecule has 0 amide bonds. The Morgan fingerprint density at radius 1 is 1.19 bits per heavy atom. The molecule has 0 aliphatic carbocycles. The number of ether oxygens (including phenoxy) is 1. The summed E-state index contributed by atoms with van der Waals surface area (Å²) < 4.78 is 5.65. The van der Waals surface area contributed by atoms with Crippen molar-refractivity contribution in [3.05, 3.63) is 35.4 Å². The van der Waals surface area contributed by atoms with E-state index in [0.29, 0.717) is 18.1 Å². The second-order valence-electron chi connectivity index (χ2n) is 6.58. The summed E-state index contributed by atoms with van der Waals surface area (Å²) in [5.74, 6) is 0.401. The Morgan fingerprint density at radius 3 is 2.86 bits per heavy atom. The highest BCUT2D eigenvalue weighted by Gasteiger charge is 2.37. The van der Waals surface area contributed by atoms with Crippen LogP contribution in [-0.4, -0.2) is 31.7 Å². The maximum atomic E-state index is 12.2. The number of hydrogen-bond donors (Lipinski definition) is 1. The van der Waals surface area contributed by atoms with Gasteiger partial charge in [0.2, 0.25) is 0 Å². The summed E-state index contributed by atoms with van der Waals surface area (Å²) in [6, 6.07) is 8.39. The Balaban J connectivity index is 1.59. The van der Waals surface area contributed by atoms with Crippen molar-refractivity contribution in [1.82, 2.24) is 0 Å². The SMILES string of the molecule is Cc1ccccc1C(=O)OC[C@@H]1CCC[NH+]2CCCC[C@H]12. The number of esters is 1. The van der Waals surface area contributed by atoms with E-state index < -0.39 is 0 Å². The molecule has 21 heavy (non-hydrogen) atoms. The number of benzene rings is 1. The highest BCUT2D eigenvalue weighted by atomic mass is 16.5. The Labute approximate surface area is 127 Å². The molecule has 0 spiro atoms. The van der Waals surface area contributed by atoms with Crippen molar-refractivity contribution in [2.45, 2.75) is 45.1 Å². The molecule has 2 aliphatic rings. The van der Waals surface area contributed by atoms with E-state index in [0.717, 1.165) is 11.6 Å². The lowest BCUT2D eigenvalue weighted by Crippen LogP contribution is -3.18. The van der Waals surface area contributed by atoms with E-state index in [1.54, 1.807) is 4.90 Å². The van der Waals surface area contributed by atoms with E-state index in [2.05, 4.69) is 0 Å². The van der Waals surface area contributed by atoms with Crippen LogP contribution in [0.1, 0.15) is 48.0 Å². The minimum atomic E-state index is -0.156. The number of rotatable bonds is 3. The van der Waals surface area contributed by atoms with E-state index in [4.69, 9.17) is 4.74 Å². The lowest BCUT2D eigenvalue weighted by molar-refractivity contribution is -0.940. The molecule has 1 aromatic carbocycles. The standard InChI is InChI=1S/C18H25NO2/c1-14-7-2-3-9-16(14)18(20)21-13-15-8-6-12-19-11-5-4-10-17(15)19/h2-3,7,9,15,17H,4-6,8,10-13H2,1H3/p+1/t15-,17+/m0/s1. The fourth-order valence-corrected chi connectivity index (χ4v) is 4.04. The summed E-state index contributed by atoms with van der Waals surface area (Å²) in [6.07, 6.45) is 6.51. The van der Waals surface area contributed by atoms with E-state index in [-0.39, 0.29) is 5.97 Å². The van der Waals surface area contributed by atoms with Gasteiger partial charge in [-0.1, -0.05) is 18.2 Å². The minimum Gasteiger partial charge on any atom is -0.462 e. The van der Waals surface area contributed by atoms with Crippen LogP contribution in [0, 0.1) is 12.8 Å². The molecule has 1 aromatic rings. The van der Waals surface area contributed by atoms with Crippen molar-refractivity contribution in [3.63, 3.8) is 0 Å². The van der Waals surface area contributed by atoms with Crippen molar-refractivity contribution >= 4 is 5.97 Å². The number of carbonyl (C=O) groups is 1. The predicted octanol–water partition coefficient (Wildman–Crippen LogP) is 2.00. The summed E-state index contributed by atoms with van der Waals surface area (Å²) in [5, 5.41) is 0. The minimum absolute atomic E-state index is 0.156. The highest BCUT2D eigenvalue weighted by Crippen LogP contribution is 2.21. The zero-order valence-electron chi connectivity index (χ0n) is 12.9. The molecule has 114 valence electrons. The summed E-state index contributed by atoms with van der Waals surface area (Å²) in [4.78, 5) is 14.0. The van der Waals surface area contributed by atoms with Crippen molar-refractivity contribution in [3.8, 4) is 0 Å². The monoisotopic (exact) mass is 288 g/mol. The van der Waals surface area contributed by atoms with Gasteiger partial charge in [-0.15, -0.1) is 0 Å². The number of hydrogen-bond acceptors (Lipinski definition) is 2. The third kappa shape index (κ3) is 3.29. The molecule has 0 radical (unpaired) electrons. The zero-order chi connectivity index (χ0) is 14.7. The van der Waals surface area contributed by atoms with E-state index in [9.17, 15) is 4.79 Å². The van der Waals surface area contributed by atoms with Crippen LogP contribution in [0.15, 0.2) is 24.3 Å². The van der Waals surface area contributed by atoms with Gasteiger partial charge in [-0.2, -0.15) is 0 Å². The van der Waals surface area contributed by atoms with Crippen LogP contribution in [0.5, 0.6) is 0 Å². The average Bonchev–Trinajstić information content (AvgIpc) is 2.53. The molecule has 2 saturated heterocycles. The summed E-state index contributed by atoms with van der Waals surface area (Å²) in [5.41, 5.74) is 1.71. The van der Waals surface area contributed by atoms with Crippen LogP contribution in [0.25, 0.3) is 0 Å². The molecule has 3 nitrogen and oxygen atoms in total. The average molecular weight is 288 g/mol. The number of nitrogens with one attached hydrogen (secondary N) is 1. The van der Waals surface area contributed by atoms with Crippen molar-refractivity contribution in [2.75, 3.05) is 19.7 Å². The maximum absolute atomic E-state index is 12.2. The first-order valence-corrected chi connectivity index (χ1v) is 8.33. The number of piperidine rings is 2. The number of quaternary nitrogens is 1. The second-order valence-corrected chi connectivity index (χ2v) is 6.58. The first-order valence-electron chi connectivity index (χ1n) is 8.33. The van der Waals surface area contributed by atoms with Crippen LogP contribution in [-0.2, 0) is 4.74 Å². The molecule has 3 atom stereocenters. The first kappa shape index (κ1) is 14.6. The molecule has 1 N–H and O–H groups in total. The van der Waals surface area contributed by atoms with Crippen LogP contribution < -0.4 is 4.90 Å². The van der Waals surface area contributed by atoms with E-state index >= 15 is 0 Å². The van der Waals surface area contributed by atoms with Gasteiger partial charge < -0.3 is 9.64 Å². The van der Waals surface area contributed by atoms with Gasteiger partial charge in [0.05, 0.1) is 24.7 Å². The molecule has 3 rings (SSSR count). The van der Waals surface area contributed by atoms with Crippen molar-refractivity contribution < 1.29 is 14.4 Å². The maximum Gasteiger partial charge on any atom is 0.338 e. The number of aryl methyl sites for hydroxylation is 1. The molecule has 1 unspecified atom stereocenters. The van der Waals surface area contributed by atoms with Gasteiger partial charge in [0.25, 0.3) is 0 Å². The first-order chi connectivity index (χ1) is 10.3. The third-order valence-electron chi connectivity index (χ3n) is 5.22. The van der Waals surface area contributed by atoms with Crippen LogP contribution >= 0.6 is 0 Å². The number of fused-ring (bicyclic) bond motifs is 1. The van der Waals surface area contributed by atoms with Crippen molar-refractivity contribution in [2.24, 2.45) is 5.92 Å². The molecular weight excluding hydrogens is 262 g/mol. The smallest absolute Gasteiger partial charge is 0.338 e. The Morgan fingerprint density at radius 2 is 2.00 bits per heavy atom. The third-order valence-corrected chi connectivity index (χ3v) is 5.22. The van der Waals surface area contributed by atoms with Gasteiger partial charge >= 0.3 is 5.97 Å². The Hall–Kier alpha value is -1.35. The van der Waals surface area contributed by atoms with Crippen molar-refractivity contribution in [1.29, 1.82) is 0 Å². The molecule has 0 aromatic heterocycles. The van der Waals surface area contributed by atoms with Crippen LogP contribution in [0.4, 0.5) is 0 Å². The molecular formula is C18H26NO2+. The Bertz CT molecular complexity index is 498. The van der Waals surface area contributed by atoms with E-state index in [1.807, 2.05) is 31.2 Å². The summed E-state index contributed by atoms with van der Waals surface area (Å²) in [7, 11) is 0. The van der Waals surface area contributed by atoms with Crippen LogP contribution in [0.3, 0.4) is 0 Å². The van der Waals surface area contributed by atoms with Crippen LogP contribution in [0.2, 0.25) is 0 Å². The molecule has 2 fully saturated rings. The fourth-order valence-electron chi connectivity index (χ4n) is 4.04. The van der Waals surface area contributed by atoms with Gasteiger partial charge in [0.1, 0.15) is 6.61 Å². The number of carbonyl (C=O) groups excluding carboxylic acids is 1. The van der Waals surface area contributed by atoms with Gasteiger partial charge in [0.15, 0.2) is 0 Å². The van der Waals surface area contributed by atoms with Gasteiger partial charge in [-0.3, -0.25) is 0 Å². The highest BCUT2D eigenvalue weighted by molar-refractivity contribution is 5.90. The van der Waals surface area contributed by atoms with Gasteiger partial charge in [-0.25, -0.2) is 4.79 Å². The van der Waals surface area contributed by atoms with Gasteiger partial charge in [0, 0.05) is 5.92 Å². The van der Waals surface area contributed by atoms with E-state index in [1.165, 1.54) is 45.2 Å². The molecule has 0 saturated carbocycles. The summed E-state index contributed by atoms with van der Waals surface area (Å²) in [6.45, 7) is 5.19. The lowest BCUT2D eigenvalue weighted by atomic mass is 9.84.